The van der Waals surface area contributed by atoms with E-state index in [1.54, 1.807) is 6.07 Å². The lowest BCUT2D eigenvalue weighted by atomic mass is 10.1. The summed E-state index contributed by atoms with van der Waals surface area (Å²) < 4.78 is 7.11. The van der Waals surface area contributed by atoms with Crippen molar-refractivity contribution in [1.29, 1.82) is 0 Å². The molecule has 1 aromatic rings. The highest BCUT2D eigenvalue weighted by atomic mass is 35.5. The van der Waals surface area contributed by atoms with Crippen LogP contribution in [0.4, 0.5) is 0 Å². The Labute approximate surface area is 127 Å². The van der Waals surface area contributed by atoms with Crippen LogP contribution in [0.2, 0.25) is 5.02 Å². The van der Waals surface area contributed by atoms with Gasteiger partial charge in [-0.15, -0.1) is 0 Å². The van der Waals surface area contributed by atoms with Crippen molar-refractivity contribution in [2.24, 2.45) is 0 Å². The number of nitrogens with zero attached hydrogens (tertiary/aromatic N) is 1. The first-order chi connectivity index (χ1) is 9.69. The molecule has 1 atom stereocenters. The van der Waals surface area contributed by atoms with Gasteiger partial charge >= 0.3 is 5.97 Å². The predicted molar refractivity (Wildman–Crippen MR) is 85.9 cm³/mol. The number of hydrogen-bond acceptors (Lipinski definition) is 3. The van der Waals surface area contributed by atoms with E-state index in [1.165, 1.54) is 7.11 Å². The summed E-state index contributed by atoms with van der Waals surface area (Å²) in [5, 5.41) is 4.82. The molecule has 0 aromatic heterocycles. The quantitative estimate of drug-likeness (QED) is 0.662. The van der Waals surface area contributed by atoms with Gasteiger partial charge in [-0.3, -0.25) is 0 Å². The topological polar surface area (TPSA) is 29.5 Å². The summed E-state index contributed by atoms with van der Waals surface area (Å²) in [6, 6.07) is 6.95. The van der Waals surface area contributed by atoms with Crippen molar-refractivity contribution in [2.75, 3.05) is 13.7 Å². The molecule has 20 heavy (non-hydrogen) atoms. The van der Waals surface area contributed by atoms with Crippen LogP contribution in [0, 0.1) is 0 Å². The normalized spacial score (nSPS) is 16.7. The third kappa shape index (κ3) is 3.08. The number of benzene rings is 1. The Balaban J connectivity index is 2.41. The molecular weight excluding hydrogens is 294 g/mol. The number of allylic oxidation sites excluding steroid dienone is 2. The smallest absolute Gasteiger partial charge is 0.328 e. The van der Waals surface area contributed by atoms with E-state index in [9.17, 15) is 4.79 Å². The van der Waals surface area contributed by atoms with Gasteiger partial charge in [0.15, 0.2) is 0 Å². The summed E-state index contributed by atoms with van der Waals surface area (Å²) in [5.41, 5.74) is 0.791. The van der Waals surface area contributed by atoms with Gasteiger partial charge in [0, 0.05) is 11.6 Å². The summed E-state index contributed by atoms with van der Waals surface area (Å²) in [6.45, 7) is 2.78. The van der Waals surface area contributed by atoms with Gasteiger partial charge in [0.25, 0.3) is 0 Å². The largest absolute Gasteiger partial charge is 0.468 e. The number of halogens is 1. The van der Waals surface area contributed by atoms with E-state index in [0.29, 0.717) is 5.02 Å². The number of thiol groups is 1. The maximum atomic E-state index is 12.3. The molecule has 1 aromatic carbocycles. The highest BCUT2D eigenvalue weighted by Gasteiger charge is 2.31. The molecule has 108 valence electrons. The first-order valence-corrected chi connectivity index (χ1v) is 8.22. The van der Waals surface area contributed by atoms with Gasteiger partial charge in [-0.25, -0.2) is 9.10 Å². The fourth-order valence-corrected chi connectivity index (χ4v) is 4.24. The SMILES string of the molecule is CCN([C@@H](C(=O)OC)c1ccccc1Cl)[SH]1C=CC=C1. The van der Waals surface area contributed by atoms with Crippen molar-refractivity contribution in [1.82, 2.24) is 4.31 Å². The molecule has 0 N–H and O–H groups in total. The molecule has 1 aliphatic heterocycles. The molecule has 0 amide bonds. The lowest BCUT2D eigenvalue weighted by Gasteiger charge is -2.34. The van der Waals surface area contributed by atoms with Crippen LogP contribution in [-0.4, -0.2) is 23.9 Å². The van der Waals surface area contributed by atoms with E-state index in [1.807, 2.05) is 37.3 Å². The summed E-state index contributed by atoms with van der Waals surface area (Å²) in [4.78, 5) is 12.3. The lowest BCUT2D eigenvalue weighted by molar-refractivity contribution is -0.145. The van der Waals surface area contributed by atoms with E-state index in [0.717, 1.165) is 12.1 Å². The molecule has 5 heteroatoms. The van der Waals surface area contributed by atoms with Gasteiger partial charge in [-0.05, 0) is 22.4 Å². The maximum absolute atomic E-state index is 12.3. The second-order valence-electron chi connectivity index (χ2n) is 4.27. The lowest BCUT2D eigenvalue weighted by Crippen LogP contribution is -2.31. The Morgan fingerprint density at radius 3 is 2.55 bits per heavy atom. The fourth-order valence-electron chi connectivity index (χ4n) is 2.19. The van der Waals surface area contributed by atoms with Crippen LogP contribution in [0.1, 0.15) is 18.5 Å². The van der Waals surface area contributed by atoms with E-state index in [2.05, 4.69) is 15.1 Å². The van der Waals surface area contributed by atoms with Crippen molar-refractivity contribution >= 4 is 28.7 Å². The molecule has 1 aliphatic rings. The summed E-state index contributed by atoms with van der Waals surface area (Å²) in [6.07, 6.45) is 4.02. The Morgan fingerprint density at radius 1 is 1.35 bits per heavy atom. The van der Waals surface area contributed by atoms with Crippen molar-refractivity contribution in [3.05, 3.63) is 57.8 Å². The van der Waals surface area contributed by atoms with Gasteiger partial charge in [-0.1, -0.05) is 48.9 Å². The molecule has 0 spiro atoms. The number of carbonyl (C=O) groups excluding carboxylic acids is 1. The third-order valence-electron chi connectivity index (χ3n) is 3.13. The molecule has 1 heterocycles. The summed E-state index contributed by atoms with van der Waals surface area (Å²) in [5.74, 6) is -0.281. The fraction of sp³-hybridized carbons (Fsp3) is 0.267. The van der Waals surface area contributed by atoms with Gasteiger partial charge in [0.05, 0.1) is 7.11 Å². The molecule has 2 rings (SSSR count). The van der Waals surface area contributed by atoms with Crippen molar-refractivity contribution in [3.63, 3.8) is 0 Å². The van der Waals surface area contributed by atoms with Crippen LogP contribution < -0.4 is 0 Å². The predicted octanol–water partition coefficient (Wildman–Crippen LogP) is 3.83. The molecule has 0 fully saturated rings. The van der Waals surface area contributed by atoms with E-state index >= 15 is 0 Å². The molecule has 0 saturated carbocycles. The maximum Gasteiger partial charge on any atom is 0.328 e. The zero-order valence-corrected chi connectivity index (χ0v) is 13.1. The molecule has 0 aliphatic carbocycles. The number of methoxy groups -OCH3 is 1. The second kappa shape index (κ2) is 6.97. The average molecular weight is 312 g/mol. The van der Waals surface area contributed by atoms with Crippen LogP contribution in [0.15, 0.2) is 47.2 Å². The zero-order chi connectivity index (χ0) is 14.5. The molecule has 0 radical (unpaired) electrons. The van der Waals surface area contributed by atoms with Gasteiger partial charge in [0.1, 0.15) is 6.04 Å². The van der Waals surface area contributed by atoms with Gasteiger partial charge < -0.3 is 4.74 Å². The van der Waals surface area contributed by atoms with Crippen LogP contribution in [-0.2, 0) is 9.53 Å². The van der Waals surface area contributed by atoms with E-state index < -0.39 is 17.1 Å². The molecular formula is C15H18ClNO2S. The third-order valence-corrected chi connectivity index (χ3v) is 5.54. The van der Waals surface area contributed by atoms with Gasteiger partial charge in [-0.2, -0.15) is 11.1 Å². The highest BCUT2D eigenvalue weighted by Crippen LogP contribution is 2.44. The minimum absolute atomic E-state index is 0.281. The molecule has 0 bridgehead atoms. The number of rotatable bonds is 5. The Bertz CT molecular complexity index is 532. The van der Waals surface area contributed by atoms with Crippen molar-refractivity contribution in [2.45, 2.75) is 13.0 Å². The Kier molecular flexibility index (Phi) is 5.29. The highest BCUT2D eigenvalue weighted by molar-refractivity contribution is 8.20. The zero-order valence-electron chi connectivity index (χ0n) is 11.5. The number of carbonyl (C=O) groups is 1. The number of esters is 1. The molecule has 0 unspecified atom stereocenters. The van der Waals surface area contributed by atoms with Crippen LogP contribution >= 0.6 is 22.7 Å². The van der Waals surface area contributed by atoms with Crippen LogP contribution in [0.25, 0.3) is 0 Å². The first-order valence-electron chi connectivity index (χ1n) is 6.41. The molecule has 3 nitrogen and oxygen atoms in total. The summed E-state index contributed by atoms with van der Waals surface area (Å²) in [7, 11) is 1.41. The average Bonchev–Trinajstić information content (AvgIpc) is 2.99. The van der Waals surface area contributed by atoms with E-state index in [-0.39, 0.29) is 5.97 Å². The van der Waals surface area contributed by atoms with Crippen molar-refractivity contribution < 1.29 is 9.53 Å². The molecule has 0 saturated heterocycles. The second-order valence-corrected chi connectivity index (χ2v) is 6.54. The number of likely N-dealkylation sites (N-methyl/N-ethyl adjacent to an activating group) is 1. The number of ether oxygens (including phenoxy) is 1. The first kappa shape index (κ1) is 15.2. The summed E-state index contributed by atoms with van der Waals surface area (Å²) >= 11 is 5.66. The van der Waals surface area contributed by atoms with E-state index in [4.69, 9.17) is 16.3 Å². The standard InChI is InChI=1S/C15H18ClNO2S/c1-3-17(20-10-6-7-11-20)14(15(18)19-2)12-8-4-5-9-13(12)16/h4-11,14,20H,3H2,1-2H3/t14-/m1/s1. The van der Waals surface area contributed by atoms with Crippen LogP contribution in [0.3, 0.4) is 0 Å². The van der Waals surface area contributed by atoms with Gasteiger partial charge in [0.2, 0.25) is 0 Å². The van der Waals surface area contributed by atoms with Crippen LogP contribution in [0.5, 0.6) is 0 Å². The Hall–Kier alpha value is -1.23. The minimum Gasteiger partial charge on any atom is -0.468 e. The number of hydrogen-bond donors (Lipinski definition) is 1. The van der Waals surface area contributed by atoms with Crippen molar-refractivity contribution in [3.8, 4) is 0 Å². The Morgan fingerprint density at radius 2 is 2.00 bits per heavy atom. The minimum atomic E-state index is -0.609. The monoisotopic (exact) mass is 311 g/mol.